The molecule has 1 aromatic carbocycles. The van der Waals surface area contributed by atoms with Gasteiger partial charge in [-0.3, -0.25) is 9.59 Å². The van der Waals surface area contributed by atoms with E-state index in [-0.39, 0.29) is 11.8 Å². The molecule has 0 atom stereocenters. The lowest BCUT2D eigenvalue weighted by Gasteiger charge is -2.19. The molecule has 0 radical (unpaired) electrons. The molecule has 5 nitrogen and oxygen atoms in total. The highest BCUT2D eigenvalue weighted by atomic mass is 32.2. The van der Waals surface area contributed by atoms with Crippen LogP contribution in [0.25, 0.3) is 0 Å². The zero-order valence-corrected chi connectivity index (χ0v) is 14.9. The second-order valence-corrected chi connectivity index (χ2v) is 5.87. The van der Waals surface area contributed by atoms with E-state index in [9.17, 15) is 9.59 Å². The molecular weight excluding hydrogens is 322 g/mol. The van der Waals surface area contributed by atoms with Crippen molar-refractivity contribution in [2.75, 3.05) is 24.7 Å². The molecule has 0 aliphatic heterocycles. The third kappa shape index (κ3) is 4.14. The number of aromatic nitrogens is 1. The summed E-state index contributed by atoms with van der Waals surface area (Å²) >= 11 is 1.42. The molecule has 1 heterocycles. The van der Waals surface area contributed by atoms with Crippen LogP contribution in [0.5, 0.6) is 0 Å². The van der Waals surface area contributed by atoms with Crippen LogP contribution in [-0.2, 0) is 0 Å². The van der Waals surface area contributed by atoms with Crippen molar-refractivity contribution < 1.29 is 9.59 Å². The van der Waals surface area contributed by atoms with E-state index >= 15 is 0 Å². The van der Waals surface area contributed by atoms with Crippen molar-refractivity contribution in [2.45, 2.75) is 18.9 Å². The SMILES string of the molecule is CCN(CC)C(=O)c1cccc(NC(=O)c2cccnc2SC)c1. The summed E-state index contributed by atoms with van der Waals surface area (Å²) in [5.74, 6) is -0.276. The average Bonchev–Trinajstić information content (AvgIpc) is 2.62. The Kier molecular flexibility index (Phi) is 6.37. The Morgan fingerprint density at radius 2 is 1.92 bits per heavy atom. The number of nitrogens with one attached hydrogen (secondary N) is 1. The summed E-state index contributed by atoms with van der Waals surface area (Å²) in [4.78, 5) is 30.8. The number of amides is 2. The molecule has 1 aromatic heterocycles. The minimum Gasteiger partial charge on any atom is -0.339 e. The van der Waals surface area contributed by atoms with Crippen LogP contribution in [0, 0.1) is 0 Å². The van der Waals surface area contributed by atoms with Crippen LogP contribution in [0.4, 0.5) is 5.69 Å². The molecular formula is C18H21N3O2S. The van der Waals surface area contributed by atoms with Crippen molar-refractivity contribution in [3.63, 3.8) is 0 Å². The molecule has 6 heteroatoms. The first-order valence-electron chi connectivity index (χ1n) is 7.80. The van der Waals surface area contributed by atoms with Gasteiger partial charge in [-0.05, 0) is 50.4 Å². The third-order valence-electron chi connectivity index (χ3n) is 3.63. The van der Waals surface area contributed by atoms with Crippen LogP contribution in [0.15, 0.2) is 47.6 Å². The van der Waals surface area contributed by atoms with E-state index in [0.717, 1.165) is 0 Å². The highest BCUT2D eigenvalue weighted by Gasteiger charge is 2.15. The fourth-order valence-electron chi connectivity index (χ4n) is 2.35. The highest BCUT2D eigenvalue weighted by Crippen LogP contribution is 2.19. The number of pyridine rings is 1. The number of hydrogen-bond donors (Lipinski definition) is 1. The van der Waals surface area contributed by atoms with Crippen LogP contribution >= 0.6 is 11.8 Å². The molecule has 126 valence electrons. The molecule has 0 spiro atoms. The molecule has 0 fully saturated rings. The van der Waals surface area contributed by atoms with Gasteiger partial charge in [0.15, 0.2) is 0 Å². The second kappa shape index (κ2) is 8.49. The standard InChI is InChI=1S/C18H21N3O2S/c1-4-21(5-2)18(23)13-8-6-9-14(12-13)20-16(22)15-10-7-11-19-17(15)24-3/h6-12H,4-5H2,1-3H3,(H,20,22). The van der Waals surface area contributed by atoms with Crippen molar-refractivity contribution in [2.24, 2.45) is 0 Å². The Labute approximate surface area is 146 Å². The van der Waals surface area contributed by atoms with Gasteiger partial charge >= 0.3 is 0 Å². The zero-order chi connectivity index (χ0) is 17.5. The quantitative estimate of drug-likeness (QED) is 0.815. The maximum Gasteiger partial charge on any atom is 0.258 e. The summed E-state index contributed by atoms with van der Waals surface area (Å²) in [7, 11) is 0. The summed E-state index contributed by atoms with van der Waals surface area (Å²) in [6.45, 7) is 5.19. The van der Waals surface area contributed by atoms with E-state index in [0.29, 0.717) is 34.9 Å². The molecule has 2 rings (SSSR count). The van der Waals surface area contributed by atoms with Crippen LogP contribution in [0.2, 0.25) is 0 Å². The first-order chi connectivity index (χ1) is 11.6. The fourth-order valence-corrected chi connectivity index (χ4v) is 2.90. The maximum atomic E-state index is 12.5. The Hall–Kier alpha value is -2.34. The van der Waals surface area contributed by atoms with Gasteiger partial charge in [0.05, 0.1) is 5.56 Å². The lowest BCUT2D eigenvalue weighted by molar-refractivity contribution is 0.0772. The van der Waals surface area contributed by atoms with Crippen molar-refractivity contribution in [3.8, 4) is 0 Å². The van der Waals surface area contributed by atoms with Crippen LogP contribution in [0.3, 0.4) is 0 Å². The molecule has 2 aromatic rings. The molecule has 2 amide bonds. The average molecular weight is 343 g/mol. The van der Waals surface area contributed by atoms with Gasteiger partial charge in [-0.25, -0.2) is 4.98 Å². The smallest absolute Gasteiger partial charge is 0.258 e. The Bertz CT molecular complexity index is 730. The van der Waals surface area contributed by atoms with Crippen molar-refractivity contribution in [1.29, 1.82) is 0 Å². The minimum atomic E-state index is -0.236. The Morgan fingerprint density at radius 3 is 2.58 bits per heavy atom. The van der Waals surface area contributed by atoms with Crippen LogP contribution in [-0.4, -0.2) is 41.0 Å². The second-order valence-electron chi connectivity index (χ2n) is 5.07. The van der Waals surface area contributed by atoms with Gasteiger partial charge < -0.3 is 10.2 Å². The van der Waals surface area contributed by atoms with Crippen molar-refractivity contribution in [3.05, 3.63) is 53.7 Å². The van der Waals surface area contributed by atoms with Gasteiger partial charge in [-0.1, -0.05) is 6.07 Å². The van der Waals surface area contributed by atoms with E-state index in [1.807, 2.05) is 20.1 Å². The highest BCUT2D eigenvalue weighted by molar-refractivity contribution is 7.98. The monoisotopic (exact) mass is 343 g/mol. The van der Waals surface area contributed by atoms with E-state index in [1.165, 1.54) is 11.8 Å². The number of carbonyl (C=O) groups is 2. The molecule has 0 bridgehead atoms. The van der Waals surface area contributed by atoms with E-state index < -0.39 is 0 Å². The number of rotatable bonds is 6. The van der Waals surface area contributed by atoms with Crippen molar-refractivity contribution >= 4 is 29.3 Å². The molecule has 0 unspecified atom stereocenters. The maximum absolute atomic E-state index is 12.5. The van der Waals surface area contributed by atoms with Crippen molar-refractivity contribution in [1.82, 2.24) is 9.88 Å². The fraction of sp³-hybridized carbons (Fsp3) is 0.278. The number of anilines is 1. The Balaban J connectivity index is 2.20. The number of thioether (sulfide) groups is 1. The zero-order valence-electron chi connectivity index (χ0n) is 14.1. The van der Waals surface area contributed by atoms with Gasteiger partial charge in [-0.2, -0.15) is 0 Å². The normalized spacial score (nSPS) is 10.3. The number of hydrogen-bond acceptors (Lipinski definition) is 4. The predicted octanol–water partition coefficient (Wildman–Crippen LogP) is 3.54. The third-order valence-corrected chi connectivity index (χ3v) is 4.34. The number of nitrogens with zero attached hydrogens (tertiary/aromatic N) is 2. The summed E-state index contributed by atoms with van der Waals surface area (Å²) in [5, 5.41) is 3.51. The van der Waals surface area contributed by atoms with E-state index in [2.05, 4.69) is 10.3 Å². The molecule has 0 aliphatic rings. The molecule has 0 saturated heterocycles. The van der Waals surface area contributed by atoms with E-state index in [1.54, 1.807) is 47.5 Å². The summed E-state index contributed by atoms with van der Waals surface area (Å²) < 4.78 is 0. The van der Waals surface area contributed by atoms with Crippen LogP contribution in [0.1, 0.15) is 34.6 Å². The largest absolute Gasteiger partial charge is 0.339 e. The van der Waals surface area contributed by atoms with Gasteiger partial charge in [0.2, 0.25) is 0 Å². The topological polar surface area (TPSA) is 62.3 Å². The van der Waals surface area contributed by atoms with Gasteiger partial charge in [0, 0.05) is 30.5 Å². The number of benzene rings is 1. The molecule has 0 aliphatic carbocycles. The molecule has 1 N–H and O–H groups in total. The lowest BCUT2D eigenvalue weighted by atomic mass is 10.1. The van der Waals surface area contributed by atoms with Gasteiger partial charge in [-0.15, -0.1) is 11.8 Å². The van der Waals surface area contributed by atoms with Gasteiger partial charge in [0.1, 0.15) is 5.03 Å². The number of carbonyl (C=O) groups excluding carboxylic acids is 2. The first kappa shape index (κ1) is 18.0. The summed E-state index contributed by atoms with van der Waals surface area (Å²) in [6.07, 6.45) is 3.54. The van der Waals surface area contributed by atoms with Gasteiger partial charge in [0.25, 0.3) is 11.8 Å². The lowest BCUT2D eigenvalue weighted by Crippen LogP contribution is -2.30. The summed E-state index contributed by atoms with van der Waals surface area (Å²) in [5.41, 5.74) is 1.67. The van der Waals surface area contributed by atoms with E-state index in [4.69, 9.17) is 0 Å². The van der Waals surface area contributed by atoms with Crippen LogP contribution < -0.4 is 5.32 Å². The minimum absolute atomic E-state index is 0.0396. The summed E-state index contributed by atoms with van der Waals surface area (Å²) in [6, 6.07) is 10.5. The molecule has 24 heavy (non-hydrogen) atoms. The molecule has 0 saturated carbocycles. The predicted molar refractivity (Wildman–Crippen MR) is 97.7 cm³/mol. The first-order valence-corrected chi connectivity index (χ1v) is 9.02. The Morgan fingerprint density at radius 1 is 1.17 bits per heavy atom.